The largest absolute Gasteiger partial charge is 0.368 e. The van der Waals surface area contributed by atoms with E-state index >= 15 is 0 Å². The number of anilines is 2. The first-order valence-corrected chi connectivity index (χ1v) is 39.9. The van der Waals surface area contributed by atoms with Crippen LogP contribution in [0.4, 0.5) is 11.4 Å². The molecule has 7 aromatic rings. The smallest absolute Gasteiger partial charge is 0.0414 e. The van der Waals surface area contributed by atoms with Crippen LogP contribution in [0.2, 0.25) is 0 Å². The molecule has 0 N–H and O–H groups in total. The fourth-order valence-electron chi connectivity index (χ4n) is 24.7. The molecule has 21 rings (SSSR count). The molecule has 15 unspecified atom stereocenters. The summed E-state index contributed by atoms with van der Waals surface area (Å²) < 4.78 is 0. The fourth-order valence-corrected chi connectivity index (χ4v) is 24.7. The van der Waals surface area contributed by atoms with Gasteiger partial charge in [-0.1, -0.05) is 64.1 Å². The highest BCUT2D eigenvalue weighted by Crippen LogP contribution is 2.61. The summed E-state index contributed by atoms with van der Waals surface area (Å²) in [4.78, 5) is 37.0. The molecule has 546 valence electrons. The van der Waals surface area contributed by atoms with E-state index in [2.05, 4.69) is 276 Å². The van der Waals surface area contributed by atoms with Gasteiger partial charge in [-0.3, -0.25) is 34.7 Å². The van der Waals surface area contributed by atoms with E-state index in [-0.39, 0.29) is 10.8 Å². The highest BCUT2D eigenvalue weighted by molar-refractivity contribution is 5.70. The van der Waals surface area contributed by atoms with Gasteiger partial charge < -0.3 is 14.7 Å². The highest BCUT2D eigenvalue weighted by atomic mass is 15.2. The lowest BCUT2D eigenvalue weighted by Gasteiger charge is -2.59. The van der Waals surface area contributed by atoms with Crippen molar-refractivity contribution in [2.45, 2.75) is 295 Å². The van der Waals surface area contributed by atoms with Gasteiger partial charge in [0.25, 0.3) is 0 Å². The first-order chi connectivity index (χ1) is 48.2. The van der Waals surface area contributed by atoms with Gasteiger partial charge in [-0.25, -0.2) is 0 Å². The fraction of sp³-hybridized carbons (Fsp3) is 0.598. The second-order valence-corrected chi connectivity index (χ2v) is 35.7. The predicted molar refractivity (Wildman–Crippen MR) is 427 cm³/mol. The number of para-hydroxylation sites is 2. The summed E-state index contributed by atoms with van der Waals surface area (Å²) in [5.41, 5.74) is 33.8. The molecule has 0 saturated carbocycles. The summed E-state index contributed by atoms with van der Waals surface area (Å²) in [5, 5.41) is 0. The van der Waals surface area contributed by atoms with Gasteiger partial charge in [-0.2, -0.15) is 0 Å². The van der Waals surface area contributed by atoms with Crippen molar-refractivity contribution in [1.82, 2.24) is 39.6 Å². The molecule has 2 aromatic carbocycles. The minimum absolute atomic E-state index is 0.197. The van der Waals surface area contributed by atoms with Gasteiger partial charge in [0.05, 0.1) is 0 Å². The summed E-state index contributed by atoms with van der Waals surface area (Å²) in [7, 11) is 0. The standard InChI is InChI=1S/C21H26N2.C20H24N2.C18H28N2.C17H26N2.C16H24N2/c1-13-12-14(2)22-15(3)19(13)20-16(4)23-11-10-21(20,5)17-8-6-7-9-18(17)23;1-12-10-13(2)21-14(3)18(12)19-15(4)22-11-20(19,5)16-8-6-7-9-17(16)22;1-11-9-12(2)19-14(4)16(11)17-15(5)20-8-7-18(17,6)10-13(20)3;1-11-10-12(2)18-13(3)15(11)16-14(4)19-8-6-17(16,5)7-9-19;1-10-9-11(2)17-12(3)15(10)16-13(4)18-7-5-14(16)6-8-18/h6-9,12,16,20H,10-11H2,1-5H3;6-10,15,19H,11H2,1-5H3;9,13,15,17H,7-8,10H2,1-6H3;10,14,16H,6-9H2,1-5H3;9,13-14,16H,5-8H2,1-4H3. The molecule has 15 atom stereocenters. The van der Waals surface area contributed by atoms with Gasteiger partial charge in [0.2, 0.25) is 0 Å². The minimum atomic E-state index is 0.197. The maximum absolute atomic E-state index is 4.80. The van der Waals surface area contributed by atoms with E-state index in [4.69, 9.17) is 24.9 Å². The Bertz CT molecular complexity index is 4170. The van der Waals surface area contributed by atoms with E-state index in [1.54, 1.807) is 5.56 Å². The molecule has 11 saturated heterocycles. The Kier molecular flexibility index (Phi) is 20.2. The van der Waals surface area contributed by atoms with Crippen LogP contribution in [0, 0.1) is 121 Å². The number of rotatable bonds is 5. The van der Waals surface area contributed by atoms with Crippen molar-refractivity contribution in [2.75, 3.05) is 55.6 Å². The van der Waals surface area contributed by atoms with E-state index in [0.717, 1.165) is 47.0 Å². The molecule has 14 aliphatic heterocycles. The van der Waals surface area contributed by atoms with E-state index in [1.165, 1.54) is 185 Å². The summed E-state index contributed by atoms with van der Waals surface area (Å²) in [5.74, 6) is 3.92. The van der Waals surface area contributed by atoms with E-state index < -0.39 is 0 Å². The maximum Gasteiger partial charge on any atom is 0.0414 e. The third-order valence-corrected chi connectivity index (χ3v) is 28.8. The number of aromatic nitrogens is 5. The minimum Gasteiger partial charge on any atom is -0.368 e. The van der Waals surface area contributed by atoms with Gasteiger partial charge in [0.1, 0.15) is 0 Å². The molecule has 0 radical (unpaired) electrons. The SMILES string of the molecule is Cc1cc(C)c(C2C(C)N3CC2(C)c2ccccc23)c(C)n1.Cc1cc(C)c(C2C(C)N3CCC2(C)CC3)c(C)n1.Cc1cc(C)c(C2C(C)N3CCC2(C)CC3C)c(C)n1.Cc1cc(C)c(C2C(C)N3CCC2(C)c2ccccc23)c(C)n1.Cc1cc(C)c(C2C3CCN(CC3)C2C)c(C)n1. The van der Waals surface area contributed by atoms with Crippen LogP contribution < -0.4 is 9.80 Å². The van der Waals surface area contributed by atoms with Crippen LogP contribution in [0.5, 0.6) is 0 Å². The number of nitrogens with zero attached hydrogens (tertiary/aromatic N) is 10. The zero-order chi connectivity index (χ0) is 73.3. The van der Waals surface area contributed by atoms with Crippen LogP contribution in [-0.2, 0) is 10.8 Å². The second-order valence-electron chi connectivity index (χ2n) is 35.7. The molecular weight excluding hydrogens is 1250 g/mol. The molecular formula is C92H128N10. The zero-order valence-corrected chi connectivity index (χ0v) is 67.8. The molecule has 19 heterocycles. The molecule has 102 heavy (non-hydrogen) atoms. The van der Waals surface area contributed by atoms with Crippen LogP contribution in [0.15, 0.2) is 78.9 Å². The van der Waals surface area contributed by atoms with Gasteiger partial charge >= 0.3 is 0 Å². The summed E-state index contributed by atoms with van der Waals surface area (Å²) >= 11 is 0. The molecule has 10 bridgehead atoms. The Balaban J connectivity index is 0.000000114. The van der Waals surface area contributed by atoms with Crippen LogP contribution in [-0.4, -0.2) is 122 Å². The maximum atomic E-state index is 4.80. The molecule has 0 aliphatic carbocycles. The Morgan fingerprint density at radius 2 is 0.725 bits per heavy atom. The average molecular weight is 1370 g/mol. The number of benzene rings is 2. The average Bonchev–Trinajstić information content (AvgIpc) is 1.37. The number of fused-ring (bicyclic) bond motifs is 16. The lowest BCUT2D eigenvalue weighted by atomic mass is 9.58. The second kappa shape index (κ2) is 27.9. The molecule has 14 aliphatic rings. The lowest BCUT2D eigenvalue weighted by Crippen LogP contribution is -2.60. The first-order valence-electron chi connectivity index (χ1n) is 39.9. The van der Waals surface area contributed by atoms with Gasteiger partial charge in [-0.05, 0) is 349 Å². The van der Waals surface area contributed by atoms with Crippen molar-refractivity contribution in [3.63, 3.8) is 0 Å². The van der Waals surface area contributed by atoms with Crippen LogP contribution in [0.25, 0.3) is 0 Å². The van der Waals surface area contributed by atoms with Gasteiger partial charge in [-0.15, -0.1) is 0 Å². The topological polar surface area (TPSA) is 80.7 Å². The third-order valence-electron chi connectivity index (χ3n) is 28.8. The number of hydrogen-bond acceptors (Lipinski definition) is 10. The quantitative estimate of drug-likeness (QED) is 0.166. The highest BCUT2D eigenvalue weighted by Gasteiger charge is 2.58. The van der Waals surface area contributed by atoms with Crippen molar-refractivity contribution in [1.29, 1.82) is 0 Å². The van der Waals surface area contributed by atoms with Crippen molar-refractivity contribution < 1.29 is 0 Å². The molecule has 5 aromatic heterocycles. The van der Waals surface area contributed by atoms with Crippen LogP contribution in [0.1, 0.15) is 267 Å². The monoisotopic (exact) mass is 1370 g/mol. The summed E-state index contributed by atoms with van der Waals surface area (Å²) in [6.45, 7) is 65.9. The predicted octanol–water partition coefficient (Wildman–Crippen LogP) is 19.7. The van der Waals surface area contributed by atoms with Crippen molar-refractivity contribution in [3.05, 3.63) is 203 Å². The zero-order valence-electron chi connectivity index (χ0n) is 67.8. The Hall–Kier alpha value is -6.33. The summed E-state index contributed by atoms with van der Waals surface area (Å²) in [6, 6.07) is 33.0. The number of piperidine rings is 10. The Morgan fingerprint density at radius 3 is 1.15 bits per heavy atom. The van der Waals surface area contributed by atoms with Crippen LogP contribution >= 0.6 is 0 Å². The van der Waals surface area contributed by atoms with Crippen molar-refractivity contribution in [2.24, 2.45) is 16.7 Å². The number of aryl methyl sites for hydroxylation is 15. The summed E-state index contributed by atoms with van der Waals surface area (Å²) in [6.07, 6.45) is 9.33. The van der Waals surface area contributed by atoms with Crippen molar-refractivity contribution >= 4 is 11.4 Å². The van der Waals surface area contributed by atoms with E-state index in [1.807, 2.05) is 0 Å². The third kappa shape index (κ3) is 12.7. The first kappa shape index (κ1) is 74.0. The Morgan fingerprint density at radius 1 is 0.353 bits per heavy atom. The number of hydrogen-bond donors (Lipinski definition) is 0. The lowest BCUT2D eigenvalue weighted by molar-refractivity contribution is -0.0627. The van der Waals surface area contributed by atoms with Gasteiger partial charge in [0.15, 0.2) is 0 Å². The van der Waals surface area contributed by atoms with Gasteiger partial charge in [0, 0.05) is 158 Å². The van der Waals surface area contributed by atoms with E-state index in [0.29, 0.717) is 70.6 Å². The molecule has 0 spiro atoms. The number of pyridine rings is 5. The molecule has 11 fully saturated rings. The molecule has 10 heteroatoms. The molecule has 0 amide bonds. The van der Waals surface area contributed by atoms with E-state index in [9.17, 15) is 0 Å². The van der Waals surface area contributed by atoms with Crippen LogP contribution in [0.3, 0.4) is 0 Å². The molecule has 10 nitrogen and oxygen atoms in total. The normalized spacial score (nSPS) is 33.8. The Labute approximate surface area is 617 Å². The van der Waals surface area contributed by atoms with Crippen molar-refractivity contribution in [3.8, 4) is 0 Å².